The fraction of sp³-hybridized carbons (Fsp3) is 0.500. The first-order valence-corrected chi connectivity index (χ1v) is 7.69. The molecule has 1 fully saturated rings. The van der Waals surface area contributed by atoms with Gasteiger partial charge < -0.3 is 15.8 Å². The molecule has 2 atom stereocenters. The number of primary sulfonamides is 1. The van der Waals surface area contributed by atoms with Crippen LogP contribution in [-0.2, 0) is 14.8 Å². The largest absolute Gasteiger partial charge is 0.397 e. The summed E-state index contributed by atoms with van der Waals surface area (Å²) in [5.74, 6) is 0.400. The first kappa shape index (κ1) is 14.1. The minimum absolute atomic E-state index is 0.0547. The maximum atomic E-state index is 11.3. The Morgan fingerprint density at radius 3 is 2.79 bits per heavy atom. The van der Waals surface area contributed by atoms with Crippen molar-refractivity contribution in [3.8, 4) is 0 Å². The smallest absolute Gasteiger partial charge is 0.238 e. The number of rotatable bonds is 4. The maximum Gasteiger partial charge on any atom is 0.238 e. The van der Waals surface area contributed by atoms with E-state index in [-0.39, 0.29) is 10.9 Å². The average Bonchev–Trinajstić information content (AvgIpc) is 2.84. The van der Waals surface area contributed by atoms with Crippen molar-refractivity contribution in [3.05, 3.63) is 18.2 Å². The van der Waals surface area contributed by atoms with Crippen molar-refractivity contribution in [2.24, 2.45) is 11.1 Å². The summed E-state index contributed by atoms with van der Waals surface area (Å²) in [5, 5.41) is 8.35. The molecule has 1 aromatic rings. The van der Waals surface area contributed by atoms with Crippen molar-refractivity contribution in [3.63, 3.8) is 0 Å². The van der Waals surface area contributed by atoms with E-state index in [4.69, 9.17) is 15.6 Å². The van der Waals surface area contributed by atoms with E-state index < -0.39 is 10.0 Å². The number of hydrogen-bond donors (Lipinski definition) is 3. The molecule has 2 unspecified atom stereocenters. The number of hydrogen-bond acceptors (Lipinski definition) is 5. The monoisotopic (exact) mass is 285 g/mol. The predicted octanol–water partition coefficient (Wildman–Crippen LogP) is 0.753. The summed E-state index contributed by atoms with van der Waals surface area (Å²) in [6.07, 6.45) is 0.989. The predicted molar refractivity (Wildman–Crippen MR) is 74.2 cm³/mol. The lowest BCUT2D eigenvalue weighted by Crippen LogP contribution is -2.26. The molecular weight excluding hydrogens is 266 g/mol. The second-order valence-electron chi connectivity index (χ2n) is 4.85. The van der Waals surface area contributed by atoms with Crippen LogP contribution in [0.3, 0.4) is 0 Å². The lowest BCUT2D eigenvalue weighted by atomic mass is 10.0. The Bertz CT molecular complexity index is 553. The summed E-state index contributed by atoms with van der Waals surface area (Å²) in [7, 11) is -3.72. The molecule has 1 saturated heterocycles. The quantitative estimate of drug-likeness (QED) is 0.708. The van der Waals surface area contributed by atoms with E-state index in [2.05, 4.69) is 5.32 Å². The van der Waals surface area contributed by atoms with E-state index >= 15 is 0 Å². The van der Waals surface area contributed by atoms with Gasteiger partial charge in [-0.05, 0) is 31.5 Å². The van der Waals surface area contributed by atoms with Crippen molar-refractivity contribution < 1.29 is 13.2 Å². The molecule has 6 nitrogen and oxygen atoms in total. The van der Waals surface area contributed by atoms with Gasteiger partial charge in [0.2, 0.25) is 10.0 Å². The molecule has 0 aromatic heterocycles. The van der Waals surface area contributed by atoms with Crippen LogP contribution in [0.15, 0.2) is 23.1 Å². The number of nitrogens with one attached hydrogen (secondary N) is 1. The molecule has 1 aromatic carbocycles. The number of nitrogen functional groups attached to an aromatic ring is 1. The maximum absolute atomic E-state index is 11.3. The number of nitrogens with two attached hydrogens (primary N) is 2. The van der Waals surface area contributed by atoms with Crippen LogP contribution in [0.2, 0.25) is 0 Å². The van der Waals surface area contributed by atoms with Crippen LogP contribution in [0.25, 0.3) is 0 Å². The minimum Gasteiger partial charge on any atom is -0.397 e. The SMILES string of the molecule is CC(Nc1cc(S(N)(=O)=O)ccc1N)C1CCOC1. The fourth-order valence-electron chi connectivity index (χ4n) is 2.15. The third kappa shape index (κ3) is 3.37. The van der Waals surface area contributed by atoms with Crippen LogP contribution in [-0.4, -0.2) is 27.7 Å². The van der Waals surface area contributed by atoms with Crippen LogP contribution < -0.4 is 16.2 Å². The molecular formula is C12H19N3O3S. The molecule has 1 heterocycles. The van der Waals surface area contributed by atoms with Crippen LogP contribution >= 0.6 is 0 Å². The molecule has 0 saturated carbocycles. The van der Waals surface area contributed by atoms with Gasteiger partial charge in [0.25, 0.3) is 0 Å². The molecule has 106 valence electrons. The van der Waals surface area contributed by atoms with Gasteiger partial charge in [-0.3, -0.25) is 0 Å². The van der Waals surface area contributed by atoms with E-state index in [0.29, 0.717) is 23.9 Å². The second kappa shape index (κ2) is 5.36. The summed E-state index contributed by atoms with van der Waals surface area (Å²) >= 11 is 0. The van der Waals surface area contributed by atoms with E-state index in [1.54, 1.807) is 6.07 Å². The van der Waals surface area contributed by atoms with E-state index in [1.165, 1.54) is 12.1 Å². The highest BCUT2D eigenvalue weighted by molar-refractivity contribution is 7.89. The summed E-state index contributed by atoms with van der Waals surface area (Å²) in [4.78, 5) is 0.0547. The Morgan fingerprint density at radius 1 is 1.47 bits per heavy atom. The third-order valence-electron chi connectivity index (χ3n) is 3.41. The van der Waals surface area contributed by atoms with Crippen LogP contribution in [0.1, 0.15) is 13.3 Å². The normalized spacial score (nSPS) is 21.3. The van der Waals surface area contributed by atoms with Gasteiger partial charge in [-0.1, -0.05) is 0 Å². The summed E-state index contributed by atoms with van der Waals surface area (Å²) in [6.45, 7) is 3.51. The first-order valence-electron chi connectivity index (χ1n) is 6.14. The molecule has 1 aliphatic heterocycles. The number of ether oxygens (including phenoxy) is 1. The molecule has 19 heavy (non-hydrogen) atoms. The van der Waals surface area contributed by atoms with Gasteiger partial charge in [0, 0.05) is 18.6 Å². The van der Waals surface area contributed by atoms with Crippen LogP contribution in [0, 0.1) is 5.92 Å². The molecule has 2 rings (SSSR count). The number of anilines is 2. The average molecular weight is 285 g/mol. The zero-order valence-electron chi connectivity index (χ0n) is 10.8. The zero-order valence-corrected chi connectivity index (χ0v) is 11.6. The van der Waals surface area contributed by atoms with Gasteiger partial charge >= 0.3 is 0 Å². The van der Waals surface area contributed by atoms with Crippen molar-refractivity contribution >= 4 is 21.4 Å². The van der Waals surface area contributed by atoms with Crippen molar-refractivity contribution in [1.82, 2.24) is 0 Å². The first-order chi connectivity index (χ1) is 8.88. The highest BCUT2D eigenvalue weighted by Gasteiger charge is 2.23. The lowest BCUT2D eigenvalue weighted by molar-refractivity contribution is 0.183. The summed E-state index contributed by atoms with van der Waals surface area (Å²) in [6, 6.07) is 4.57. The zero-order chi connectivity index (χ0) is 14.0. The molecule has 5 N–H and O–H groups in total. The Labute approximate surface area is 113 Å². The van der Waals surface area contributed by atoms with E-state index in [9.17, 15) is 8.42 Å². The molecule has 7 heteroatoms. The van der Waals surface area contributed by atoms with Crippen LogP contribution in [0.4, 0.5) is 11.4 Å². The summed E-state index contributed by atoms with van der Waals surface area (Å²) in [5.41, 5.74) is 6.94. The van der Waals surface area contributed by atoms with Crippen molar-refractivity contribution in [2.45, 2.75) is 24.3 Å². The standard InChI is InChI=1S/C12H19N3O3S/c1-8(9-4-5-18-7-9)15-12-6-10(19(14,16)17)2-3-11(12)13/h2-3,6,8-9,15H,4-5,7,13H2,1H3,(H2,14,16,17). The minimum atomic E-state index is -3.72. The fourth-order valence-corrected chi connectivity index (χ4v) is 2.69. The molecule has 0 aliphatic carbocycles. The van der Waals surface area contributed by atoms with Gasteiger partial charge in [-0.2, -0.15) is 0 Å². The van der Waals surface area contributed by atoms with Gasteiger partial charge in [0.1, 0.15) is 0 Å². The number of benzene rings is 1. The highest BCUT2D eigenvalue weighted by Crippen LogP contribution is 2.26. The number of sulfonamides is 1. The Kier molecular flexibility index (Phi) is 3.98. The third-order valence-corrected chi connectivity index (χ3v) is 4.32. The van der Waals surface area contributed by atoms with Gasteiger partial charge in [-0.25, -0.2) is 13.6 Å². The van der Waals surface area contributed by atoms with Gasteiger partial charge in [0.15, 0.2) is 0 Å². The second-order valence-corrected chi connectivity index (χ2v) is 6.41. The molecule has 0 bridgehead atoms. The van der Waals surface area contributed by atoms with Crippen molar-refractivity contribution in [1.29, 1.82) is 0 Å². The van der Waals surface area contributed by atoms with E-state index in [0.717, 1.165) is 13.0 Å². The highest BCUT2D eigenvalue weighted by atomic mass is 32.2. The Balaban J connectivity index is 2.19. The van der Waals surface area contributed by atoms with Crippen molar-refractivity contribution in [2.75, 3.05) is 24.3 Å². The van der Waals surface area contributed by atoms with Gasteiger partial charge in [0.05, 0.1) is 22.9 Å². The summed E-state index contributed by atoms with van der Waals surface area (Å²) < 4.78 is 28.0. The van der Waals surface area contributed by atoms with Crippen LogP contribution in [0.5, 0.6) is 0 Å². The lowest BCUT2D eigenvalue weighted by Gasteiger charge is -2.21. The molecule has 1 aliphatic rings. The molecule has 0 spiro atoms. The Morgan fingerprint density at radius 2 is 2.21 bits per heavy atom. The Hall–Kier alpha value is -1.31. The molecule has 0 amide bonds. The van der Waals surface area contributed by atoms with E-state index in [1.807, 2.05) is 6.92 Å². The molecule has 0 radical (unpaired) electrons. The topological polar surface area (TPSA) is 107 Å². The van der Waals surface area contributed by atoms with Gasteiger partial charge in [-0.15, -0.1) is 0 Å².